The molecule has 0 unspecified atom stereocenters. The molecule has 27 heavy (non-hydrogen) atoms. The fourth-order valence-corrected chi connectivity index (χ4v) is 3.31. The van der Waals surface area contributed by atoms with Gasteiger partial charge >= 0.3 is 0 Å². The zero-order chi connectivity index (χ0) is 19.4. The van der Waals surface area contributed by atoms with Crippen molar-refractivity contribution in [3.05, 3.63) is 60.2 Å². The van der Waals surface area contributed by atoms with Gasteiger partial charge in [-0.3, -0.25) is 9.59 Å². The second kappa shape index (κ2) is 7.82. The van der Waals surface area contributed by atoms with Crippen LogP contribution in [0.25, 0.3) is 0 Å². The van der Waals surface area contributed by atoms with Crippen LogP contribution in [0.3, 0.4) is 0 Å². The van der Waals surface area contributed by atoms with E-state index in [2.05, 4.69) is 22.3 Å². The maximum atomic E-state index is 13.0. The molecule has 5 heteroatoms. The molecule has 0 bridgehead atoms. The number of para-hydroxylation sites is 1. The van der Waals surface area contributed by atoms with Crippen LogP contribution in [0.5, 0.6) is 0 Å². The number of hydrogen-bond donors (Lipinski definition) is 1. The number of piperazine rings is 1. The topological polar surface area (TPSA) is 52.7 Å². The number of carbonyl (C=O) groups is 2. The van der Waals surface area contributed by atoms with Crippen LogP contribution in [0.15, 0.2) is 54.6 Å². The van der Waals surface area contributed by atoms with E-state index in [9.17, 15) is 9.59 Å². The Morgan fingerprint density at radius 1 is 0.926 bits per heavy atom. The van der Waals surface area contributed by atoms with E-state index >= 15 is 0 Å². The highest BCUT2D eigenvalue weighted by Crippen LogP contribution is 2.24. The molecule has 2 amide bonds. The minimum Gasteiger partial charge on any atom is -0.368 e. The summed E-state index contributed by atoms with van der Waals surface area (Å²) in [6.45, 7) is 8.15. The molecule has 0 spiro atoms. The van der Waals surface area contributed by atoms with Crippen LogP contribution in [0.1, 0.15) is 19.4 Å². The van der Waals surface area contributed by atoms with Crippen molar-refractivity contribution in [2.45, 2.75) is 20.8 Å². The van der Waals surface area contributed by atoms with Crippen LogP contribution in [-0.2, 0) is 9.59 Å². The molecule has 1 fully saturated rings. The molecule has 0 aromatic heterocycles. The Bertz CT molecular complexity index is 809. The molecule has 0 radical (unpaired) electrons. The monoisotopic (exact) mass is 365 g/mol. The van der Waals surface area contributed by atoms with E-state index in [1.807, 2.05) is 49.4 Å². The molecule has 0 atom stereocenters. The van der Waals surface area contributed by atoms with Gasteiger partial charge in [-0.1, -0.05) is 30.3 Å². The van der Waals surface area contributed by atoms with Crippen molar-refractivity contribution >= 4 is 23.2 Å². The Morgan fingerprint density at radius 2 is 1.59 bits per heavy atom. The number of benzene rings is 2. The van der Waals surface area contributed by atoms with Gasteiger partial charge < -0.3 is 15.1 Å². The summed E-state index contributed by atoms with van der Waals surface area (Å²) >= 11 is 0. The van der Waals surface area contributed by atoms with Crippen LogP contribution >= 0.6 is 0 Å². The zero-order valence-electron chi connectivity index (χ0n) is 16.2. The predicted octanol–water partition coefficient (Wildman–Crippen LogP) is 3.31. The lowest BCUT2D eigenvalue weighted by Crippen LogP contribution is -2.54. The number of nitrogens with one attached hydrogen (secondary N) is 1. The fourth-order valence-electron chi connectivity index (χ4n) is 3.31. The smallest absolute Gasteiger partial charge is 0.239 e. The SMILES string of the molecule is Cc1cccc(NC(=O)C(C)(C)C(=O)N2CCN(c3ccccc3)CC2)c1. The van der Waals surface area contributed by atoms with Crippen molar-refractivity contribution < 1.29 is 9.59 Å². The molecule has 1 heterocycles. The van der Waals surface area contributed by atoms with Crippen molar-refractivity contribution in [2.75, 3.05) is 36.4 Å². The Hall–Kier alpha value is -2.82. The van der Waals surface area contributed by atoms with Gasteiger partial charge in [0.2, 0.25) is 11.8 Å². The lowest BCUT2D eigenvalue weighted by Gasteiger charge is -2.39. The van der Waals surface area contributed by atoms with E-state index in [0.717, 1.165) is 24.3 Å². The first-order valence-corrected chi connectivity index (χ1v) is 9.35. The lowest BCUT2D eigenvalue weighted by molar-refractivity contribution is -0.146. The van der Waals surface area contributed by atoms with Crippen LogP contribution in [0.4, 0.5) is 11.4 Å². The van der Waals surface area contributed by atoms with Crippen molar-refractivity contribution in [2.24, 2.45) is 5.41 Å². The number of anilines is 2. The van der Waals surface area contributed by atoms with E-state index in [1.165, 1.54) is 5.69 Å². The largest absolute Gasteiger partial charge is 0.368 e. The minimum absolute atomic E-state index is 0.125. The van der Waals surface area contributed by atoms with Gasteiger partial charge in [0, 0.05) is 37.6 Å². The third-order valence-electron chi connectivity index (χ3n) is 5.07. The number of hydrogen-bond acceptors (Lipinski definition) is 3. The quantitative estimate of drug-likeness (QED) is 0.846. The number of aryl methyl sites for hydroxylation is 1. The van der Waals surface area contributed by atoms with Crippen molar-refractivity contribution in [3.8, 4) is 0 Å². The average Bonchev–Trinajstić information content (AvgIpc) is 2.68. The molecule has 2 aromatic carbocycles. The molecule has 0 aliphatic carbocycles. The van der Waals surface area contributed by atoms with Crippen molar-refractivity contribution in [3.63, 3.8) is 0 Å². The maximum absolute atomic E-state index is 13.0. The average molecular weight is 365 g/mol. The summed E-state index contributed by atoms with van der Waals surface area (Å²) in [6, 6.07) is 17.8. The molecule has 1 N–H and O–H groups in total. The van der Waals surface area contributed by atoms with Gasteiger partial charge in [0.05, 0.1) is 0 Å². The summed E-state index contributed by atoms with van der Waals surface area (Å²) < 4.78 is 0. The summed E-state index contributed by atoms with van der Waals surface area (Å²) in [5.74, 6) is -0.399. The highest BCUT2D eigenvalue weighted by Gasteiger charge is 2.40. The molecule has 3 rings (SSSR count). The van der Waals surface area contributed by atoms with Gasteiger partial charge in [0.25, 0.3) is 0 Å². The van der Waals surface area contributed by atoms with E-state index in [4.69, 9.17) is 0 Å². The summed E-state index contributed by atoms with van der Waals surface area (Å²) in [5.41, 5.74) is 1.84. The Labute approximate surface area is 161 Å². The normalized spacial score (nSPS) is 14.8. The first-order chi connectivity index (χ1) is 12.9. The second-order valence-electron chi connectivity index (χ2n) is 7.56. The summed E-state index contributed by atoms with van der Waals surface area (Å²) in [6.07, 6.45) is 0. The van der Waals surface area contributed by atoms with Gasteiger partial charge in [-0.2, -0.15) is 0 Å². The minimum atomic E-state index is -1.11. The molecule has 142 valence electrons. The van der Waals surface area contributed by atoms with Crippen LogP contribution in [0.2, 0.25) is 0 Å². The third kappa shape index (κ3) is 4.30. The van der Waals surface area contributed by atoms with E-state index in [1.54, 1.807) is 18.7 Å². The van der Waals surface area contributed by atoms with Crippen LogP contribution < -0.4 is 10.2 Å². The molecule has 1 aliphatic rings. The molecule has 0 saturated carbocycles. The van der Waals surface area contributed by atoms with Crippen LogP contribution in [0, 0.1) is 12.3 Å². The third-order valence-corrected chi connectivity index (χ3v) is 5.07. The molecule has 5 nitrogen and oxygen atoms in total. The Balaban J connectivity index is 1.61. The Morgan fingerprint density at radius 3 is 2.22 bits per heavy atom. The highest BCUT2D eigenvalue weighted by atomic mass is 16.2. The molecular formula is C22H27N3O2. The molecular weight excluding hydrogens is 338 g/mol. The van der Waals surface area contributed by atoms with E-state index in [0.29, 0.717) is 13.1 Å². The van der Waals surface area contributed by atoms with E-state index < -0.39 is 5.41 Å². The summed E-state index contributed by atoms with van der Waals surface area (Å²) in [5, 5.41) is 2.88. The number of carbonyl (C=O) groups excluding carboxylic acids is 2. The highest BCUT2D eigenvalue weighted by molar-refractivity contribution is 6.09. The van der Waals surface area contributed by atoms with Gasteiger partial charge in [-0.15, -0.1) is 0 Å². The second-order valence-corrected chi connectivity index (χ2v) is 7.56. The summed E-state index contributed by atoms with van der Waals surface area (Å²) in [7, 11) is 0. The molecule has 1 saturated heterocycles. The van der Waals surface area contributed by atoms with E-state index in [-0.39, 0.29) is 11.8 Å². The van der Waals surface area contributed by atoms with Gasteiger partial charge in [-0.05, 0) is 50.6 Å². The number of amides is 2. The fraction of sp³-hybridized carbons (Fsp3) is 0.364. The first kappa shape index (κ1) is 19.0. The first-order valence-electron chi connectivity index (χ1n) is 9.35. The number of rotatable bonds is 4. The van der Waals surface area contributed by atoms with Crippen molar-refractivity contribution in [1.29, 1.82) is 0 Å². The van der Waals surface area contributed by atoms with Crippen molar-refractivity contribution in [1.82, 2.24) is 4.90 Å². The summed E-state index contributed by atoms with van der Waals surface area (Å²) in [4.78, 5) is 29.8. The van der Waals surface area contributed by atoms with Gasteiger partial charge in [-0.25, -0.2) is 0 Å². The predicted molar refractivity (Wildman–Crippen MR) is 109 cm³/mol. The Kier molecular flexibility index (Phi) is 5.49. The van der Waals surface area contributed by atoms with Gasteiger partial charge in [0.15, 0.2) is 0 Å². The zero-order valence-corrected chi connectivity index (χ0v) is 16.2. The lowest BCUT2D eigenvalue weighted by atomic mass is 9.89. The molecule has 1 aliphatic heterocycles. The molecule has 2 aromatic rings. The standard InChI is InChI=1S/C22H27N3O2/c1-17-8-7-9-18(16-17)23-20(26)22(2,3)21(27)25-14-12-24(13-15-25)19-10-5-4-6-11-19/h4-11,16H,12-15H2,1-3H3,(H,23,26). The number of nitrogens with zero attached hydrogens (tertiary/aromatic N) is 2. The van der Waals surface area contributed by atoms with Gasteiger partial charge in [0.1, 0.15) is 5.41 Å². The maximum Gasteiger partial charge on any atom is 0.239 e. The van der Waals surface area contributed by atoms with Crippen LogP contribution in [-0.4, -0.2) is 42.9 Å².